The molecule has 0 spiro atoms. The molecular formula is C23H25F3N2O3. The first kappa shape index (κ1) is 21.5. The maximum atomic E-state index is 12.9. The SMILES string of the molecule is O=C1CCC(c2ccc(OCCN3CCN(c4cccc(C(F)(F)F)c4)CC3)cc2)O1. The average Bonchev–Trinajstić information content (AvgIpc) is 3.20. The van der Waals surface area contributed by atoms with E-state index in [9.17, 15) is 18.0 Å². The molecule has 31 heavy (non-hydrogen) atoms. The van der Waals surface area contributed by atoms with Crippen LogP contribution in [0.4, 0.5) is 18.9 Å². The Kier molecular flexibility index (Phi) is 6.36. The summed E-state index contributed by atoms with van der Waals surface area (Å²) in [5, 5.41) is 0. The number of ether oxygens (including phenoxy) is 2. The third-order valence-corrected chi connectivity index (χ3v) is 5.72. The van der Waals surface area contributed by atoms with E-state index in [0.717, 1.165) is 37.0 Å². The Morgan fingerprint density at radius 2 is 1.77 bits per heavy atom. The Balaban J connectivity index is 1.21. The van der Waals surface area contributed by atoms with E-state index >= 15 is 0 Å². The maximum Gasteiger partial charge on any atom is 0.416 e. The highest BCUT2D eigenvalue weighted by molar-refractivity contribution is 5.71. The predicted octanol–water partition coefficient (Wildman–Crippen LogP) is 4.28. The van der Waals surface area contributed by atoms with Gasteiger partial charge in [0, 0.05) is 44.8 Å². The van der Waals surface area contributed by atoms with Gasteiger partial charge in [-0.1, -0.05) is 18.2 Å². The summed E-state index contributed by atoms with van der Waals surface area (Å²) in [6.07, 6.45) is -3.31. The molecular weight excluding hydrogens is 409 g/mol. The standard InChI is InChI=1S/C23H25F3N2O3/c24-23(25,26)18-2-1-3-19(16-18)28-12-10-27(11-13-28)14-15-30-20-6-4-17(5-7-20)21-8-9-22(29)31-21/h1-7,16,21H,8-15H2. The smallest absolute Gasteiger partial charge is 0.416 e. The lowest BCUT2D eigenvalue weighted by Gasteiger charge is -2.36. The molecule has 1 atom stereocenters. The molecule has 0 radical (unpaired) electrons. The van der Waals surface area contributed by atoms with Gasteiger partial charge < -0.3 is 14.4 Å². The fourth-order valence-corrected chi connectivity index (χ4v) is 3.94. The third-order valence-electron chi connectivity index (χ3n) is 5.72. The molecule has 0 aromatic heterocycles. The van der Waals surface area contributed by atoms with Crippen molar-refractivity contribution in [3.63, 3.8) is 0 Å². The fourth-order valence-electron chi connectivity index (χ4n) is 3.94. The summed E-state index contributed by atoms with van der Waals surface area (Å²) >= 11 is 0. The van der Waals surface area contributed by atoms with E-state index in [1.807, 2.05) is 29.2 Å². The highest BCUT2D eigenvalue weighted by Gasteiger charge is 2.31. The van der Waals surface area contributed by atoms with Crippen LogP contribution in [0.1, 0.15) is 30.1 Å². The Morgan fingerprint density at radius 3 is 2.42 bits per heavy atom. The molecule has 8 heteroatoms. The molecule has 0 aliphatic carbocycles. The average molecular weight is 434 g/mol. The normalized spacial score (nSPS) is 20.0. The first-order valence-electron chi connectivity index (χ1n) is 10.5. The first-order chi connectivity index (χ1) is 14.9. The molecule has 2 fully saturated rings. The molecule has 0 amide bonds. The van der Waals surface area contributed by atoms with Crippen molar-refractivity contribution < 1.29 is 27.4 Å². The molecule has 2 heterocycles. The monoisotopic (exact) mass is 434 g/mol. The Morgan fingerprint density at radius 1 is 1.03 bits per heavy atom. The van der Waals surface area contributed by atoms with Crippen LogP contribution in [0.5, 0.6) is 5.75 Å². The maximum absolute atomic E-state index is 12.9. The molecule has 4 rings (SSSR count). The van der Waals surface area contributed by atoms with E-state index in [1.165, 1.54) is 12.1 Å². The van der Waals surface area contributed by atoms with Crippen LogP contribution in [-0.4, -0.2) is 50.2 Å². The zero-order chi connectivity index (χ0) is 21.8. The van der Waals surface area contributed by atoms with Crippen LogP contribution in [0.15, 0.2) is 48.5 Å². The van der Waals surface area contributed by atoms with E-state index in [-0.39, 0.29) is 12.1 Å². The highest BCUT2D eigenvalue weighted by atomic mass is 19.4. The van der Waals surface area contributed by atoms with Crippen LogP contribution in [0.2, 0.25) is 0 Å². The van der Waals surface area contributed by atoms with Crippen LogP contribution in [0.25, 0.3) is 0 Å². The number of esters is 1. The van der Waals surface area contributed by atoms with Gasteiger partial charge in [0.05, 0.1) is 5.56 Å². The van der Waals surface area contributed by atoms with Crippen LogP contribution in [-0.2, 0) is 15.7 Å². The molecule has 2 aromatic rings. The van der Waals surface area contributed by atoms with Crippen molar-refractivity contribution in [1.82, 2.24) is 4.90 Å². The van der Waals surface area contributed by atoms with Gasteiger partial charge in [-0.2, -0.15) is 13.2 Å². The molecule has 0 N–H and O–H groups in total. The van der Waals surface area contributed by atoms with Gasteiger partial charge in [0.2, 0.25) is 0 Å². The number of hydrogen-bond acceptors (Lipinski definition) is 5. The van der Waals surface area contributed by atoms with Crippen molar-refractivity contribution in [3.05, 3.63) is 59.7 Å². The Labute approximate surface area is 179 Å². The van der Waals surface area contributed by atoms with Crippen molar-refractivity contribution in [2.75, 3.05) is 44.2 Å². The van der Waals surface area contributed by atoms with Gasteiger partial charge >= 0.3 is 12.1 Å². The van der Waals surface area contributed by atoms with Crippen molar-refractivity contribution in [2.24, 2.45) is 0 Å². The second kappa shape index (κ2) is 9.18. The molecule has 2 saturated heterocycles. The largest absolute Gasteiger partial charge is 0.492 e. The third kappa shape index (κ3) is 5.50. The lowest BCUT2D eigenvalue weighted by Crippen LogP contribution is -2.47. The van der Waals surface area contributed by atoms with Crippen molar-refractivity contribution in [1.29, 1.82) is 0 Å². The van der Waals surface area contributed by atoms with Crippen molar-refractivity contribution in [2.45, 2.75) is 25.1 Å². The van der Waals surface area contributed by atoms with Crippen LogP contribution in [0.3, 0.4) is 0 Å². The van der Waals surface area contributed by atoms with Gasteiger partial charge in [-0.05, 0) is 42.3 Å². The highest BCUT2D eigenvalue weighted by Crippen LogP contribution is 2.32. The number of alkyl halides is 3. The summed E-state index contributed by atoms with van der Waals surface area (Å²) in [6.45, 7) is 4.17. The van der Waals surface area contributed by atoms with Crippen molar-refractivity contribution in [3.8, 4) is 5.75 Å². The fraction of sp³-hybridized carbons (Fsp3) is 0.435. The number of nitrogens with zero attached hydrogens (tertiary/aromatic N) is 2. The van der Waals surface area contributed by atoms with E-state index in [2.05, 4.69) is 4.90 Å². The van der Waals surface area contributed by atoms with E-state index in [4.69, 9.17) is 9.47 Å². The van der Waals surface area contributed by atoms with Gasteiger partial charge in [0.1, 0.15) is 18.5 Å². The van der Waals surface area contributed by atoms with Gasteiger partial charge in [-0.15, -0.1) is 0 Å². The number of carbonyl (C=O) groups is 1. The van der Waals surface area contributed by atoms with Crippen LogP contribution in [0, 0.1) is 0 Å². The predicted molar refractivity (Wildman–Crippen MR) is 110 cm³/mol. The summed E-state index contributed by atoms with van der Waals surface area (Å²) in [5.41, 5.74) is 0.973. The summed E-state index contributed by atoms with van der Waals surface area (Å²) in [6, 6.07) is 13.1. The minimum atomic E-state index is -4.32. The van der Waals surface area contributed by atoms with Gasteiger partial charge in [-0.3, -0.25) is 9.69 Å². The molecule has 2 aromatic carbocycles. The first-order valence-corrected chi connectivity index (χ1v) is 10.5. The second-order valence-corrected chi connectivity index (χ2v) is 7.81. The lowest BCUT2D eigenvalue weighted by molar-refractivity contribution is -0.141. The second-order valence-electron chi connectivity index (χ2n) is 7.81. The minimum absolute atomic E-state index is 0.154. The summed E-state index contributed by atoms with van der Waals surface area (Å²) in [7, 11) is 0. The molecule has 2 aliphatic rings. The topological polar surface area (TPSA) is 42.0 Å². The number of carbonyl (C=O) groups excluding carboxylic acids is 1. The molecule has 166 valence electrons. The number of rotatable bonds is 6. The zero-order valence-electron chi connectivity index (χ0n) is 17.1. The van der Waals surface area contributed by atoms with Crippen LogP contribution >= 0.6 is 0 Å². The molecule has 2 aliphatic heterocycles. The minimum Gasteiger partial charge on any atom is -0.492 e. The number of piperazine rings is 1. The van der Waals surface area contributed by atoms with E-state index in [0.29, 0.717) is 38.2 Å². The molecule has 0 saturated carbocycles. The van der Waals surface area contributed by atoms with Gasteiger partial charge in [0.25, 0.3) is 0 Å². The number of anilines is 1. The van der Waals surface area contributed by atoms with E-state index < -0.39 is 11.7 Å². The number of halogens is 3. The lowest BCUT2D eigenvalue weighted by atomic mass is 10.1. The number of cyclic esters (lactones) is 1. The summed E-state index contributed by atoms with van der Waals surface area (Å²) < 4.78 is 49.9. The zero-order valence-corrected chi connectivity index (χ0v) is 17.1. The quantitative estimate of drug-likeness (QED) is 0.635. The van der Waals surface area contributed by atoms with Crippen LogP contribution < -0.4 is 9.64 Å². The van der Waals surface area contributed by atoms with Crippen molar-refractivity contribution >= 4 is 11.7 Å². The Hall–Kier alpha value is -2.74. The summed E-state index contributed by atoms with van der Waals surface area (Å²) in [4.78, 5) is 15.5. The molecule has 5 nitrogen and oxygen atoms in total. The van der Waals surface area contributed by atoms with Gasteiger partial charge in [0.15, 0.2) is 0 Å². The number of benzene rings is 2. The molecule has 1 unspecified atom stereocenters. The summed E-state index contributed by atoms with van der Waals surface area (Å²) in [5.74, 6) is 0.606. The number of hydrogen-bond donors (Lipinski definition) is 0. The Bertz CT molecular complexity index is 894. The molecule has 0 bridgehead atoms. The van der Waals surface area contributed by atoms with E-state index in [1.54, 1.807) is 6.07 Å². The van der Waals surface area contributed by atoms with Gasteiger partial charge in [-0.25, -0.2) is 0 Å².